The van der Waals surface area contributed by atoms with Crippen molar-refractivity contribution >= 4 is 8.03 Å². The van der Waals surface area contributed by atoms with E-state index in [1.807, 2.05) is 0 Å². The van der Waals surface area contributed by atoms with E-state index >= 15 is 0 Å². The van der Waals surface area contributed by atoms with Crippen LogP contribution in [0.2, 0.25) is 0 Å². The fourth-order valence-corrected chi connectivity index (χ4v) is 0.933. The maximum atomic E-state index is 10.1. The molecule has 2 N–H and O–H groups in total. The second-order valence-corrected chi connectivity index (χ2v) is 2.92. The van der Waals surface area contributed by atoms with Gasteiger partial charge in [-0.25, -0.2) is 0 Å². The Hall–Kier alpha value is -0.0200. The van der Waals surface area contributed by atoms with E-state index in [4.69, 9.17) is 5.73 Å². The first-order chi connectivity index (χ1) is 4.04. The van der Waals surface area contributed by atoms with Gasteiger partial charge in [-0.1, -0.05) is 4.57 Å². The van der Waals surface area contributed by atoms with Gasteiger partial charge in [0.15, 0.2) is 6.29 Å². The van der Waals surface area contributed by atoms with Crippen LogP contribution in [0.4, 0.5) is 0 Å². The highest BCUT2D eigenvalue weighted by atomic mass is 31.1. The number of rotatable bonds is 3. The Morgan fingerprint density at radius 1 is 1.89 bits per heavy atom. The van der Waals surface area contributed by atoms with Crippen molar-refractivity contribution in [2.75, 3.05) is 13.3 Å². The molecule has 0 rings (SSSR count). The molecule has 5 heteroatoms. The summed E-state index contributed by atoms with van der Waals surface area (Å²) in [6, 6.07) is 0. The molecule has 0 spiro atoms. The summed E-state index contributed by atoms with van der Waals surface area (Å²) in [5.41, 5.74) is 5.34. The van der Waals surface area contributed by atoms with Gasteiger partial charge in [-0.15, -0.1) is 0 Å². The molecule has 0 aliphatic rings. The Balaban J connectivity index is 3.50. The molecule has 0 aromatic carbocycles. The first-order valence-corrected chi connectivity index (χ1v) is 3.98. The fraction of sp³-hybridized carbons (Fsp3) is 1.00. The predicted octanol–water partition coefficient (Wildman–Crippen LogP) is -0.717. The van der Waals surface area contributed by atoms with Crippen LogP contribution in [-0.4, -0.2) is 24.4 Å². The van der Waals surface area contributed by atoms with Crippen molar-refractivity contribution in [1.29, 1.82) is 0 Å². The molecule has 0 radical (unpaired) electrons. The standard InChI is InChI=1S/C4H11N2O2P/c1-4(5)6(2)3-9(7)8/h4H,3,5H2,1-2H3. The van der Waals surface area contributed by atoms with Crippen LogP contribution in [-0.2, 0) is 4.57 Å². The van der Waals surface area contributed by atoms with Crippen molar-refractivity contribution in [2.24, 2.45) is 5.73 Å². The highest BCUT2D eigenvalue weighted by molar-refractivity contribution is 7.36. The van der Waals surface area contributed by atoms with E-state index in [9.17, 15) is 9.46 Å². The highest BCUT2D eigenvalue weighted by Gasteiger charge is 2.09. The minimum atomic E-state index is -2.33. The van der Waals surface area contributed by atoms with Crippen LogP contribution in [0.15, 0.2) is 0 Å². The minimum absolute atomic E-state index is 0.0347. The van der Waals surface area contributed by atoms with E-state index in [1.54, 1.807) is 18.9 Å². The molecular formula is C4H11N2O2P. The number of hydrogen-bond donors (Lipinski definition) is 1. The molecule has 54 valence electrons. The molecule has 2 unspecified atom stereocenters. The van der Waals surface area contributed by atoms with Gasteiger partial charge in [-0.3, -0.25) is 4.90 Å². The molecule has 0 heterocycles. The summed E-state index contributed by atoms with van der Waals surface area (Å²) < 4.78 is 10.1. The van der Waals surface area contributed by atoms with Crippen LogP contribution in [0.25, 0.3) is 0 Å². The third kappa shape index (κ3) is 4.48. The zero-order valence-electron chi connectivity index (χ0n) is 5.57. The summed E-state index contributed by atoms with van der Waals surface area (Å²) in [7, 11) is -0.664. The second kappa shape index (κ2) is 3.90. The smallest absolute Gasteiger partial charge is 0.324 e. The van der Waals surface area contributed by atoms with Gasteiger partial charge in [-0.05, 0) is 14.0 Å². The lowest BCUT2D eigenvalue weighted by Crippen LogP contribution is -2.36. The molecule has 0 saturated heterocycles. The molecule has 0 amide bonds. The van der Waals surface area contributed by atoms with Gasteiger partial charge in [0, 0.05) is 0 Å². The van der Waals surface area contributed by atoms with Gasteiger partial charge in [0.2, 0.25) is 0 Å². The molecule has 0 aliphatic heterocycles. The third-order valence-corrected chi connectivity index (χ3v) is 1.71. The van der Waals surface area contributed by atoms with E-state index in [0.29, 0.717) is 0 Å². The maximum Gasteiger partial charge on any atom is 0.324 e. The van der Waals surface area contributed by atoms with Gasteiger partial charge in [0.25, 0.3) is 0 Å². The van der Waals surface area contributed by atoms with Crippen molar-refractivity contribution in [3.63, 3.8) is 0 Å². The summed E-state index contributed by atoms with van der Waals surface area (Å²) in [5.74, 6) is 0. The summed E-state index contributed by atoms with van der Waals surface area (Å²) in [6.07, 6.45) is -0.162. The second-order valence-electron chi connectivity index (χ2n) is 1.97. The van der Waals surface area contributed by atoms with Crippen LogP contribution in [0.1, 0.15) is 6.92 Å². The minimum Gasteiger partial charge on any atom is -0.594 e. The summed E-state index contributed by atoms with van der Waals surface area (Å²) in [6.45, 7) is 1.73. The normalized spacial score (nSPS) is 15.9. The topological polar surface area (TPSA) is 69.4 Å². The molecule has 0 saturated carbocycles. The molecule has 4 nitrogen and oxygen atoms in total. The third-order valence-electron chi connectivity index (χ3n) is 1.03. The van der Waals surface area contributed by atoms with Crippen LogP contribution in [0.3, 0.4) is 0 Å². The maximum absolute atomic E-state index is 10.1. The lowest BCUT2D eigenvalue weighted by molar-refractivity contribution is -0.166. The molecule has 0 aliphatic carbocycles. The van der Waals surface area contributed by atoms with Gasteiger partial charge in [0.1, 0.15) is 0 Å². The van der Waals surface area contributed by atoms with Gasteiger partial charge in [0.05, 0.1) is 6.17 Å². The summed E-state index contributed by atoms with van der Waals surface area (Å²) in [5, 5.41) is 0. The Bertz CT molecular complexity index is 107. The van der Waals surface area contributed by atoms with E-state index in [2.05, 4.69) is 0 Å². The SMILES string of the molecule is CC(N)N(C)C[P+](=O)[O-]. The van der Waals surface area contributed by atoms with Crippen molar-refractivity contribution in [1.82, 2.24) is 4.90 Å². The Kier molecular flexibility index (Phi) is 3.89. The van der Waals surface area contributed by atoms with E-state index in [-0.39, 0.29) is 12.5 Å². The van der Waals surface area contributed by atoms with Gasteiger partial charge >= 0.3 is 8.03 Å². The fourth-order valence-electron chi connectivity index (χ4n) is 0.311. The Morgan fingerprint density at radius 3 is 2.44 bits per heavy atom. The highest BCUT2D eigenvalue weighted by Crippen LogP contribution is 2.08. The zero-order valence-corrected chi connectivity index (χ0v) is 6.47. The lowest BCUT2D eigenvalue weighted by Gasteiger charge is -2.15. The lowest BCUT2D eigenvalue weighted by atomic mass is 10.6. The monoisotopic (exact) mass is 150 g/mol. The molecule has 0 aromatic heterocycles. The first-order valence-electron chi connectivity index (χ1n) is 2.61. The van der Waals surface area contributed by atoms with Gasteiger partial charge < -0.3 is 10.6 Å². The van der Waals surface area contributed by atoms with Crippen molar-refractivity contribution in [2.45, 2.75) is 13.1 Å². The van der Waals surface area contributed by atoms with Crippen molar-refractivity contribution in [3.05, 3.63) is 0 Å². The predicted molar refractivity (Wildman–Crippen MR) is 33.9 cm³/mol. The number of nitrogens with zero attached hydrogens (tertiary/aromatic N) is 1. The van der Waals surface area contributed by atoms with Crippen LogP contribution < -0.4 is 10.6 Å². The van der Waals surface area contributed by atoms with Crippen LogP contribution >= 0.6 is 8.03 Å². The van der Waals surface area contributed by atoms with E-state index in [1.165, 1.54) is 0 Å². The first kappa shape index (κ1) is 8.98. The van der Waals surface area contributed by atoms with Crippen molar-refractivity contribution in [3.8, 4) is 0 Å². The molecule has 0 aromatic rings. The quantitative estimate of drug-likeness (QED) is 0.426. The summed E-state index contributed by atoms with van der Waals surface area (Å²) >= 11 is 0. The Morgan fingerprint density at radius 2 is 2.33 bits per heavy atom. The van der Waals surface area contributed by atoms with Crippen LogP contribution in [0.5, 0.6) is 0 Å². The number of hydrogen-bond acceptors (Lipinski definition) is 4. The van der Waals surface area contributed by atoms with E-state index in [0.717, 1.165) is 0 Å². The average molecular weight is 150 g/mol. The largest absolute Gasteiger partial charge is 0.594 e. The van der Waals surface area contributed by atoms with Gasteiger partial charge in [-0.2, -0.15) is 0 Å². The molecule has 9 heavy (non-hydrogen) atoms. The molecule has 0 fully saturated rings. The van der Waals surface area contributed by atoms with E-state index < -0.39 is 8.03 Å². The average Bonchev–Trinajstić information content (AvgIpc) is 1.63. The van der Waals surface area contributed by atoms with Crippen molar-refractivity contribution < 1.29 is 9.46 Å². The zero-order chi connectivity index (χ0) is 7.44. The summed E-state index contributed by atoms with van der Waals surface area (Å²) in [4.78, 5) is 11.6. The molecule has 2 atom stereocenters. The Labute approximate surface area is 55.5 Å². The number of nitrogens with two attached hydrogens (primary N) is 1. The molecule has 0 bridgehead atoms. The van der Waals surface area contributed by atoms with Crippen LogP contribution in [0, 0.1) is 0 Å². The molecular weight excluding hydrogens is 139 g/mol.